The van der Waals surface area contributed by atoms with E-state index in [-0.39, 0.29) is 5.82 Å². The molecule has 1 aliphatic carbocycles. The zero-order valence-corrected chi connectivity index (χ0v) is 12.3. The molecule has 1 fully saturated rings. The Kier molecular flexibility index (Phi) is 3.88. The molecule has 0 bridgehead atoms. The highest BCUT2D eigenvalue weighted by molar-refractivity contribution is 5.36. The zero-order valence-electron chi connectivity index (χ0n) is 12.3. The third-order valence-electron chi connectivity index (χ3n) is 3.68. The molecule has 1 N–H and O–H groups in total. The maximum Gasteiger partial charge on any atom is 0.219 e. The van der Waals surface area contributed by atoms with Gasteiger partial charge in [0, 0.05) is 24.3 Å². The van der Waals surface area contributed by atoms with Crippen LogP contribution in [0.25, 0.3) is 0 Å². The standard InChI is InChI=1S/C17H19FN2O/c1-11-9-14(18)4-7-16(11)21-17-8-3-13(12(2)20-17)10-19-15-5-6-15/h3-4,7-9,15,19H,5-6,10H2,1-2H3. The summed E-state index contributed by atoms with van der Waals surface area (Å²) in [6.45, 7) is 4.65. The Morgan fingerprint density at radius 2 is 2.05 bits per heavy atom. The van der Waals surface area contributed by atoms with Crippen LogP contribution in [0.5, 0.6) is 11.6 Å². The Balaban J connectivity index is 1.71. The Labute approximate surface area is 124 Å². The van der Waals surface area contributed by atoms with Crippen LogP contribution in [0.1, 0.15) is 29.7 Å². The lowest BCUT2D eigenvalue weighted by Crippen LogP contribution is -2.16. The van der Waals surface area contributed by atoms with E-state index >= 15 is 0 Å². The van der Waals surface area contributed by atoms with Gasteiger partial charge >= 0.3 is 0 Å². The molecule has 1 aliphatic rings. The van der Waals surface area contributed by atoms with E-state index in [1.165, 1.54) is 30.5 Å². The smallest absolute Gasteiger partial charge is 0.219 e. The molecule has 2 aromatic rings. The molecule has 0 unspecified atom stereocenters. The van der Waals surface area contributed by atoms with Crippen LogP contribution < -0.4 is 10.1 Å². The zero-order chi connectivity index (χ0) is 14.8. The van der Waals surface area contributed by atoms with Crippen molar-refractivity contribution in [1.29, 1.82) is 0 Å². The highest BCUT2D eigenvalue weighted by Crippen LogP contribution is 2.25. The molecule has 3 rings (SSSR count). The largest absolute Gasteiger partial charge is 0.439 e. The molecule has 110 valence electrons. The van der Waals surface area contributed by atoms with Gasteiger partial charge in [0.1, 0.15) is 11.6 Å². The fourth-order valence-electron chi connectivity index (χ4n) is 2.19. The maximum absolute atomic E-state index is 13.1. The predicted molar refractivity (Wildman–Crippen MR) is 80.0 cm³/mol. The molecular formula is C17H19FN2O. The molecule has 4 heteroatoms. The Hall–Kier alpha value is -1.94. The van der Waals surface area contributed by atoms with Crippen LogP contribution in [0.4, 0.5) is 4.39 Å². The number of hydrogen-bond acceptors (Lipinski definition) is 3. The number of hydrogen-bond donors (Lipinski definition) is 1. The first-order valence-electron chi connectivity index (χ1n) is 7.26. The van der Waals surface area contributed by atoms with E-state index in [2.05, 4.69) is 10.3 Å². The van der Waals surface area contributed by atoms with Crippen molar-refractivity contribution in [2.75, 3.05) is 0 Å². The number of nitrogens with one attached hydrogen (secondary N) is 1. The summed E-state index contributed by atoms with van der Waals surface area (Å²) in [7, 11) is 0. The number of aryl methyl sites for hydroxylation is 2. The maximum atomic E-state index is 13.1. The summed E-state index contributed by atoms with van der Waals surface area (Å²) in [5, 5.41) is 3.48. The molecule has 0 aliphatic heterocycles. The van der Waals surface area contributed by atoms with Gasteiger partial charge in [-0.2, -0.15) is 0 Å². The molecule has 21 heavy (non-hydrogen) atoms. The van der Waals surface area contributed by atoms with E-state index in [4.69, 9.17) is 4.74 Å². The van der Waals surface area contributed by atoms with E-state index in [9.17, 15) is 4.39 Å². The number of ether oxygens (including phenoxy) is 1. The van der Waals surface area contributed by atoms with E-state index in [0.717, 1.165) is 17.8 Å². The van der Waals surface area contributed by atoms with Crippen molar-refractivity contribution in [2.45, 2.75) is 39.3 Å². The summed E-state index contributed by atoms with van der Waals surface area (Å²) in [5.74, 6) is 0.912. The van der Waals surface area contributed by atoms with E-state index < -0.39 is 0 Å². The molecule has 0 amide bonds. The van der Waals surface area contributed by atoms with Crippen molar-refractivity contribution in [3.8, 4) is 11.6 Å². The highest BCUT2D eigenvalue weighted by Gasteiger charge is 2.20. The van der Waals surface area contributed by atoms with Gasteiger partial charge in [-0.1, -0.05) is 6.07 Å². The Bertz CT molecular complexity index is 653. The molecule has 1 saturated carbocycles. The molecule has 0 atom stereocenters. The van der Waals surface area contributed by atoms with Gasteiger partial charge in [0.25, 0.3) is 0 Å². The third kappa shape index (κ3) is 3.58. The van der Waals surface area contributed by atoms with Crippen LogP contribution in [0.15, 0.2) is 30.3 Å². The first-order chi connectivity index (χ1) is 10.1. The summed E-state index contributed by atoms with van der Waals surface area (Å²) in [6, 6.07) is 9.05. The molecule has 1 aromatic carbocycles. The lowest BCUT2D eigenvalue weighted by molar-refractivity contribution is 0.455. The van der Waals surface area contributed by atoms with Crippen LogP contribution >= 0.6 is 0 Å². The number of pyridine rings is 1. The second kappa shape index (κ2) is 5.82. The van der Waals surface area contributed by atoms with Crippen molar-refractivity contribution in [3.05, 3.63) is 53.0 Å². The fraction of sp³-hybridized carbons (Fsp3) is 0.353. The number of nitrogens with zero attached hydrogens (tertiary/aromatic N) is 1. The Morgan fingerprint density at radius 1 is 1.24 bits per heavy atom. The normalized spacial score (nSPS) is 14.2. The molecular weight excluding hydrogens is 267 g/mol. The average molecular weight is 286 g/mol. The average Bonchev–Trinajstić information content (AvgIpc) is 3.25. The van der Waals surface area contributed by atoms with Crippen LogP contribution in [0.3, 0.4) is 0 Å². The summed E-state index contributed by atoms with van der Waals surface area (Å²) in [5.41, 5.74) is 2.90. The van der Waals surface area contributed by atoms with E-state index in [1.54, 1.807) is 6.07 Å². The first-order valence-corrected chi connectivity index (χ1v) is 7.26. The molecule has 0 saturated heterocycles. The van der Waals surface area contributed by atoms with Gasteiger partial charge in [-0.15, -0.1) is 0 Å². The summed E-state index contributed by atoms with van der Waals surface area (Å²) < 4.78 is 18.8. The lowest BCUT2D eigenvalue weighted by atomic mass is 10.2. The van der Waals surface area contributed by atoms with E-state index in [1.807, 2.05) is 26.0 Å². The quantitative estimate of drug-likeness (QED) is 0.905. The molecule has 3 nitrogen and oxygen atoms in total. The van der Waals surface area contributed by atoms with Gasteiger partial charge in [0.2, 0.25) is 5.88 Å². The van der Waals surface area contributed by atoms with Crippen LogP contribution in [0.2, 0.25) is 0 Å². The van der Waals surface area contributed by atoms with Crippen molar-refractivity contribution in [3.63, 3.8) is 0 Å². The molecule has 1 aromatic heterocycles. The first kappa shape index (κ1) is 14.0. The van der Waals surface area contributed by atoms with Gasteiger partial charge in [-0.25, -0.2) is 9.37 Å². The van der Waals surface area contributed by atoms with Gasteiger partial charge < -0.3 is 10.1 Å². The summed E-state index contributed by atoms with van der Waals surface area (Å²) >= 11 is 0. The van der Waals surface area contributed by atoms with Crippen LogP contribution in [-0.4, -0.2) is 11.0 Å². The number of benzene rings is 1. The topological polar surface area (TPSA) is 34.1 Å². The Morgan fingerprint density at radius 3 is 2.71 bits per heavy atom. The van der Waals surface area contributed by atoms with E-state index in [0.29, 0.717) is 17.7 Å². The second-order valence-electron chi connectivity index (χ2n) is 5.56. The lowest BCUT2D eigenvalue weighted by Gasteiger charge is -2.11. The van der Waals surface area contributed by atoms with Crippen molar-refractivity contribution < 1.29 is 9.13 Å². The number of aromatic nitrogens is 1. The molecule has 1 heterocycles. The van der Waals surface area contributed by atoms with Crippen molar-refractivity contribution in [2.24, 2.45) is 0 Å². The number of rotatable bonds is 5. The summed E-state index contributed by atoms with van der Waals surface area (Å²) in [4.78, 5) is 4.47. The van der Waals surface area contributed by atoms with Crippen LogP contribution in [0, 0.1) is 19.7 Å². The number of halogens is 1. The van der Waals surface area contributed by atoms with Crippen LogP contribution in [-0.2, 0) is 6.54 Å². The minimum Gasteiger partial charge on any atom is -0.439 e. The predicted octanol–water partition coefficient (Wildman–Crippen LogP) is 3.88. The molecule has 0 radical (unpaired) electrons. The SMILES string of the molecule is Cc1cc(F)ccc1Oc1ccc(CNC2CC2)c(C)n1. The summed E-state index contributed by atoms with van der Waals surface area (Å²) in [6.07, 6.45) is 2.55. The highest BCUT2D eigenvalue weighted by atomic mass is 19.1. The minimum absolute atomic E-state index is 0.259. The van der Waals surface area contributed by atoms with Crippen molar-refractivity contribution >= 4 is 0 Å². The van der Waals surface area contributed by atoms with Gasteiger partial charge in [0.15, 0.2) is 0 Å². The monoisotopic (exact) mass is 286 g/mol. The van der Waals surface area contributed by atoms with Gasteiger partial charge in [0.05, 0.1) is 0 Å². The van der Waals surface area contributed by atoms with Crippen molar-refractivity contribution in [1.82, 2.24) is 10.3 Å². The van der Waals surface area contributed by atoms with Gasteiger partial charge in [-0.3, -0.25) is 0 Å². The van der Waals surface area contributed by atoms with Gasteiger partial charge in [-0.05, 0) is 56.0 Å². The second-order valence-corrected chi connectivity index (χ2v) is 5.56. The molecule has 0 spiro atoms. The third-order valence-corrected chi connectivity index (χ3v) is 3.68. The fourth-order valence-corrected chi connectivity index (χ4v) is 2.19. The minimum atomic E-state index is -0.259.